The van der Waals surface area contributed by atoms with Gasteiger partial charge in [0, 0.05) is 17.8 Å². The molecule has 6 nitrogen and oxygen atoms in total. The van der Waals surface area contributed by atoms with Gasteiger partial charge in [-0.05, 0) is 51.2 Å². The summed E-state index contributed by atoms with van der Waals surface area (Å²) in [6.45, 7) is 6.52. The lowest BCUT2D eigenvalue weighted by molar-refractivity contribution is 0.0933. The van der Waals surface area contributed by atoms with E-state index in [2.05, 4.69) is 17.6 Å². The van der Waals surface area contributed by atoms with Crippen molar-refractivity contribution in [2.45, 2.75) is 59.0 Å². The summed E-state index contributed by atoms with van der Waals surface area (Å²) < 4.78 is 7.40. The van der Waals surface area contributed by atoms with E-state index in [9.17, 15) is 9.59 Å². The van der Waals surface area contributed by atoms with Crippen LogP contribution in [0.4, 0.5) is 5.69 Å². The molecular formula is C25H29N3O3. The third-order valence-electron chi connectivity index (χ3n) is 6.04. The lowest BCUT2D eigenvalue weighted by Crippen LogP contribution is -2.29. The fourth-order valence-corrected chi connectivity index (χ4v) is 4.34. The van der Waals surface area contributed by atoms with Crippen molar-refractivity contribution >= 4 is 17.5 Å². The maximum atomic E-state index is 13.2. The van der Waals surface area contributed by atoms with E-state index in [1.54, 1.807) is 12.3 Å². The second kappa shape index (κ2) is 8.84. The zero-order valence-corrected chi connectivity index (χ0v) is 18.3. The number of hydrogen-bond donors (Lipinski definition) is 2. The molecule has 2 amide bonds. The third-order valence-corrected chi connectivity index (χ3v) is 6.04. The Bertz CT molecular complexity index is 1080. The third kappa shape index (κ3) is 4.15. The second-order valence-corrected chi connectivity index (χ2v) is 8.15. The van der Waals surface area contributed by atoms with Crippen LogP contribution in [-0.2, 0) is 13.0 Å². The molecule has 6 heteroatoms. The summed E-state index contributed by atoms with van der Waals surface area (Å²) in [7, 11) is 0. The molecule has 1 aliphatic heterocycles. The average Bonchev–Trinajstić information content (AvgIpc) is 3.33. The summed E-state index contributed by atoms with van der Waals surface area (Å²) in [6.07, 6.45) is 5.22. The van der Waals surface area contributed by atoms with Gasteiger partial charge in [-0.3, -0.25) is 9.59 Å². The highest BCUT2D eigenvalue weighted by molar-refractivity contribution is 6.06. The van der Waals surface area contributed by atoms with E-state index in [-0.39, 0.29) is 17.9 Å². The molecule has 1 aliphatic rings. The molecule has 0 fully saturated rings. The minimum Gasteiger partial charge on any atom is -0.467 e. The van der Waals surface area contributed by atoms with Gasteiger partial charge in [0.2, 0.25) is 0 Å². The molecule has 2 aromatic heterocycles. The minimum atomic E-state index is -0.218. The Hall–Kier alpha value is -3.28. The number of nitrogens with one attached hydrogen (secondary N) is 2. The summed E-state index contributed by atoms with van der Waals surface area (Å²) >= 11 is 0. The van der Waals surface area contributed by atoms with E-state index < -0.39 is 0 Å². The van der Waals surface area contributed by atoms with E-state index >= 15 is 0 Å². The number of aromatic nitrogens is 1. The van der Waals surface area contributed by atoms with Crippen LogP contribution in [0, 0.1) is 13.8 Å². The predicted molar refractivity (Wildman–Crippen MR) is 120 cm³/mol. The number of carbonyl (C=O) groups excluding carboxylic acids is 2. The van der Waals surface area contributed by atoms with Crippen LogP contribution < -0.4 is 10.6 Å². The molecule has 3 aromatic rings. The molecule has 1 atom stereocenters. The number of rotatable bonds is 6. The van der Waals surface area contributed by atoms with Gasteiger partial charge in [-0.25, -0.2) is 0 Å². The van der Waals surface area contributed by atoms with Crippen molar-refractivity contribution in [3.05, 3.63) is 76.5 Å². The molecule has 1 aromatic carbocycles. The van der Waals surface area contributed by atoms with E-state index in [0.29, 0.717) is 22.7 Å². The topological polar surface area (TPSA) is 76.3 Å². The van der Waals surface area contributed by atoms with Gasteiger partial charge in [-0.1, -0.05) is 37.3 Å². The van der Waals surface area contributed by atoms with Crippen molar-refractivity contribution < 1.29 is 14.0 Å². The van der Waals surface area contributed by atoms with Crippen molar-refractivity contribution in [3.8, 4) is 0 Å². The van der Waals surface area contributed by atoms with Gasteiger partial charge >= 0.3 is 0 Å². The first-order valence-electron chi connectivity index (χ1n) is 10.9. The van der Waals surface area contributed by atoms with Crippen LogP contribution in [0.5, 0.6) is 0 Å². The molecule has 31 heavy (non-hydrogen) atoms. The lowest BCUT2D eigenvalue weighted by Gasteiger charge is -2.20. The molecule has 0 bridgehead atoms. The quantitative estimate of drug-likeness (QED) is 0.579. The zero-order valence-electron chi connectivity index (χ0n) is 18.3. The van der Waals surface area contributed by atoms with E-state index in [4.69, 9.17) is 4.42 Å². The highest BCUT2D eigenvalue weighted by atomic mass is 16.3. The highest BCUT2D eigenvalue weighted by Crippen LogP contribution is 2.27. The summed E-state index contributed by atoms with van der Waals surface area (Å²) in [5.74, 6) is 0.323. The molecule has 0 radical (unpaired) electrons. The van der Waals surface area contributed by atoms with Gasteiger partial charge in [-0.2, -0.15) is 0 Å². The second-order valence-electron chi connectivity index (χ2n) is 8.15. The summed E-state index contributed by atoms with van der Waals surface area (Å²) in [5, 5.41) is 6.14. The van der Waals surface area contributed by atoms with E-state index in [1.807, 2.05) is 48.7 Å². The van der Waals surface area contributed by atoms with E-state index in [0.717, 1.165) is 49.0 Å². The van der Waals surface area contributed by atoms with Gasteiger partial charge < -0.3 is 19.6 Å². The molecule has 2 N–H and O–H groups in total. The van der Waals surface area contributed by atoms with Crippen molar-refractivity contribution in [1.29, 1.82) is 0 Å². The highest BCUT2D eigenvalue weighted by Gasteiger charge is 2.27. The number of aryl methyl sites for hydroxylation is 2. The van der Waals surface area contributed by atoms with Crippen LogP contribution in [-0.4, -0.2) is 16.4 Å². The minimum absolute atomic E-state index is 0.0682. The van der Waals surface area contributed by atoms with Crippen LogP contribution in [0.3, 0.4) is 0 Å². The number of nitrogens with zero attached hydrogens (tertiary/aromatic N) is 1. The number of furan rings is 1. The molecule has 162 valence electrons. The molecule has 0 spiro atoms. The number of carbonyl (C=O) groups is 2. The SMILES string of the molecule is CC[C@@H](NC(=O)c1cc(C(=O)Nc2c(C)coc2C)n2c1CCCC2)c1ccccc1. The summed E-state index contributed by atoms with van der Waals surface area (Å²) in [5.41, 5.74) is 4.71. The Kier molecular flexibility index (Phi) is 5.98. The number of fused-ring (bicyclic) bond motifs is 1. The first-order valence-corrected chi connectivity index (χ1v) is 10.9. The Morgan fingerprint density at radius 2 is 1.90 bits per heavy atom. The first kappa shape index (κ1) is 21.0. The zero-order chi connectivity index (χ0) is 22.0. The van der Waals surface area contributed by atoms with Gasteiger partial charge in [0.1, 0.15) is 11.5 Å². The van der Waals surface area contributed by atoms with Crippen molar-refractivity contribution in [1.82, 2.24) is 9.88 Å². The van der Waals surface area contributed by atoms with Crippen LogP contribution in [0.1, 0.15) is 75.7 Å². The maximum Gasteiger partial charge on any atom is 0.272 e. The molecule has 0 saturated carbocycles. The lowest BCUT2D eigenvalue weighted by atomic mass is 10.0. The van der Waals surface area contributed by atoms with Gasteiger partial charge in [0.15, 0.2) is 0 Å². The molecular weight excluding hydrogens is 390 g/mol. The Labute approximate surface area is 182 Å². The predicted octanol–water partition coefficient (Wildman–Crippen LogP) is 5.17. The molecule has 0 saturated heterocycles. The number of anilines is 1. The van der Waals surface area contributed by atoms with Gasteiger partial charge in [0.25, 0.3) is 11.8 Å². The fourth-order valence-electron chi connectivity index (χ4n) is 4.34. The molecule has 0 unspecified atom stereocenters. The Morgan fingerprint density at radius 3 is 2.58 bits per heavy atom. The van der Waals surface area contributed by atoms with Crippen molar-refractivity contribution in [2.24, 2.45) is 0 Å². The molecule has 3 heterocycles. The smallest absolute Gasteiger partial charge is 0.272 e. The number of benzene rings is 1. The van der Waals surface area contributed by atoms with Crippen LogP contribution in [0.2, 0.25) is 0 Å². The number of hydrogen-bond acceptors (Lipinski definition) is 3. The van der Waals surface area contributed by atoms with Crippen LogP contribution in [0.15, 0.2) is 47.1 Å². The van der Waals surface area contributed by atoms with Gasteiger partial charge in [-0.15, -0.1) is 0 Å². The maximum absolute atomic E-state index is 13.2. The normalized spacial score (nSPS) is 14.0. The Morgan fingerprint density at radius 1 is 1.13 bits per heavy atom. The van der Waals surface area contributed by atoms with Crippen molar-refractivity contribution in [3.63, 3.8) is 0 Å². The van der Waals surface area contributed by atoms with E-state index in [1.165, 1.54) is 0 Å². The van der Waals surface area contributed by atoms with Crippen molar-refractivity contribution in [2.75, 3.05) is 5.32 Å². The standard InChI is InChI=1S/C25H29N3O3/c1-4-20(18-10-6-5-7-11-18)26-24(29)19-14-22(28-13-9-8-12-21(19)28)25(30)27-23-16(2)15-31-17(23)3/h5-7,10-11,14-15,20H,4,8-9,12-13H2,1-3H3,(H,26,29)(H,27,30)/t20-/m1/s1. The number of amides is 2. The largest absolute Gasteiger partial charge is 0.467 e. The van der Waals surface area contributed by atoms with Crippen LogP contribution in [0.25, 0.3) is 0 Å². The summed E-state index contributed by atoms with van der Waals surface area (Å²) in [6, 6.07) is 11.7. The summed E-state index contributed by atoms with van der Waals surface area (Å²) in [4.78, 5) is 26.4. The Balaban J connectivity index is 1.62. The fraction of sp³-hybridized carbons (Fsp3) is 0.360. The average molecular weight is 420 g/mol. The molecule has 4 rings (SSSR count). The van der Waals surface area contributed by atoms with Crippen LogP contribution >= 0.6 is 0 Å². The van der Waals surface area contributed by atoms with Gasteiger partial charge in [0.05, 0.1) is 23.6 Å². The monoisotopic (exact) mass is 419 g/mol. The molecule has 0 aliphatic carbocycles. The first-order chi connectivity index (χ1) is 15.0.